The van der Waals surface area contributed by atoms with Crippen molar-refractivity contribution in [3.8, 4) is 0 Å². The normalized spacial score (nSPS) is 25.3. The van der Waals surface area contributed by atoms with Crippen LogP contribution >= 0.6 is 0 Å². The van der Waals surface area contributed by atoms with Crippen LogP contribution in [0, 0.1) is 6.92 Å². The van der Waals surface area contributed by atoms with Gasteiger partial charge in [-0.25, -0.2) is 8.42 Å². The summed E-state index contributed by atoms with van der Waals surface area (Å²) in [5.74, 6) is 0. The predicted molar refractivity (Wildman–Crippen MR) is 83.0 cm³/mol. The lowest BCUT2D eigenvalue weighted by molar-refractivity contribution is -0.0912. The van der Waals surface area contributed by atoms with Gasteiger partial charge in [0.1, 0.15) is 11.4 Å². The lowest BCUT2D eigenvalue weighted by atomic mass is 10.1. The number of aryl methyl sites for hydroxylation is 1. The lowest BCUT2D eigenvalue weighted by Gasteiger charge is -2.19. The van der Waals surface area contributed by atoms with Crippen molar-refractivity contribution in [1.82, 2.24) is 0 Å². The summed E-state index contributed by atoms with van der Waals surface area (Å²) in [5.41, 5.74) is 1.76. The smallest absolute Gasteiger partial charge is 0.184 e. The number of sulfone groups is 1. The predicted octanol–water partition coefficient (Wildman–Crippen LogP) is 2.62. The van der Waals surface area contributed by atoms with Crippen molar-refractivity contribution in [1.29, 1.82) is 0 Å². The first-order chi connectivity index (χ1) is 10.5. The van der Waals surface area contributed by atoms with E-state index in [9.17, 15) is 13.5 Å². The Balaban J connectivity index is 1.99. The molecule has 0 bridgehead atoms. The van der Waals surface area contributed by atoms with E-state index in [1.165, 1.54) is 0 Å². The molecule has 1 heterocycles. The number of hydrogen-bond donors (Lipinski definition) is 1. The second-order valence-corrected chi connectivity index (χ2v) is 7.72. The average molecular weight is 318 g/mol. The molecule has 0 aromatic heterocycles. The van der Waals surface area contributed by atoms with Gasteiger partial charge in [-0.05, 0) is 24.6 Å². The van der Waals surface area contributed by atoms with Gasteiger partial charge in [-0.1, -0.05) is 48.0 Å². The SMILES string of the molecule is Cc1ccc(S(=O)(=O)C2CC(O)OC2c2ccccc2)cc1. The van der Waals surface area contributed by atoms with Crippen LogP contribution in [0.4, 0.5) is 0 Å². The zero-order valence-corrected chi connectivity index (χ0v) is 13.0. The molecule has 3 rings (SSSR count). The Labute approximate surface area is 130 Å². The van der Waals surface area contributed by atoms with Crippen molar-refractivity contribution in [3.05, 3.63) is 65.7 Å². The summed E-state index contributed by atoms with van der Waals surface area (Å²) in [6.45, 7) is 1.91. The van der Waals surface area contributed by atoms with E-state index in [1.54, 1.807) is 24.3 Å². The largest absolute Gasteiger partial charge is 0.368 e. The molecule has 3 atom stereocenters. The van der Waals surface area contributed by atoms with Gasteiger partial charge in [0.15, 0.2) is 16.1 Å². The highest BCUT2D eigenvalue weighted by molar-refractivity contribution is 7.92. The Morgan fingerprint density at radius 2 is 1.68 bits per heavy atom. The van der Waals surface area contributed by atoms with Gasteiger partial charge in [0.05, 0.1) is 4.90 Å². The first-order valence-electron chi connectivity index (χ1n) is 7.17. The summed E-state index contributed by atoms with van der Waals surface area (Å²) in [6, 6.07) is 15.9. The minimum absolute atomic E-state index is 0.0791. The molecule has 0 amide bonds. The van der Waals surface area contributed by atoms with Crippen LogP contribution in [0.25, 0.3) is 0 Å². The molecule has 0 aliphatic carbocycles. The van der Waals surface area contributed by atoms with Crippen molar-refractivity contribution < 1.29 is 18.3 Å². The molecule has 1 aliphatic heterocycles. The summed E-state index contributed by atoms with van der Waals surface area (Å²) in [5, 5.41) is 9.01. The van der Waals surface area contributed by atoms with Gasteiger partial charge >= 0.3 is 0 Å². The molecule has 1 saturated heterocycles. The molecule has 1 fully saturated rings. The summed E-state index contributed by atoms with van der Waals surface area (Å²) < 4.78 is 31.2. The van der Waals surface area contributed by atoms with Gasteiger partial charge in [0.25, 0.3) is 0 Å². The number of ether oxygens (including phenoxy) is 1. The van der Waals surface area contributed by atoms with Crippen LogP contribution < -0.4 is 0 Å². The monoisotopic (exact) mass is 318 g/mol. The third-order valence-corrected chi connectivity index (χ3v) is 6.12. The van der Waals surface area contributed by atoms with Crippen LogP contribution in [0.3, 0.4) is 0 Å². The molecule has 5 heteroatoms. The van der Waals surface area contributed by atoms with Gasteiger partial charge in [-0.3, -0.25) is 0 Å². The molecular formula is C17H18O4S. The molecular weight excluding hydrogens is 300 g/mol. The Morgan fingerprint density at radius 3 is 2.32 bits per heavy atom. The van der Waals surface area contributed by atoms with Crippen LogP contribution in [0.5, 0.6) is 0 Å². The lowest BCUT2D eigenvalue weighted by Crippen LogP contribution is -2.25. The standard InChI is InChI=1S/C17H18O4S/c1-12-7-9-14(10-8-12)22(19,20)15-11-16(18)21-17(15)13-5-3-2-4-6-13/h2-10,15-18H,11H2,1H3. The fraction of sp³-hybridized carbons (Fsp3) is 0.294. The van der Waals surface area contributed by atoms with E-state index in [-0.39, 0.29) is 11.3 Å². The molecule has 1 aliphatic rings. The Bertz CT molecular complexity index is 738. The van der Waals surface area contributed by atoms with E-state index in [0.717, 1.165) is 11.1 Å². The second-order valence-electron chi connectivity index (χ2n) is 5.55. The number of aliphatic hydroxyl groups is 1. The Morgan fingerprint density at radius 1 is 1.05 bits per heavy atom. The maximum absolute atomic E-state index is 12.9. The zero-order valence-electron chi connectivity index (χ0n) is 12.2. The minimum atomic E-state index is -3.57. The fourth-order valence-corrected chi connectivity index (χ4v) is 4.59. The topological polar surface area (TPSA) is 63.6 Å². The number of rotatable bonds is 3. The third-order valence-electron chi connectivity index (χ3n) is 3.95. The van der Waals surface area contributed by atoms with Crippen molar-refractivity contribution in [2.75, 3.05) is 0 Å². The molecule has 22 heavy (non-hydrogen) atoms. The van der Waals surface area contributed by atoms with E-state index < -0.39 is 27.5 Å². The molecule has 0 radical (unpaired) electrons. The molecule has 4 nitrogen and oxygen atoms in total. The van der Waals surface area contributed by atoms with Gasteiger partial charge in [-0.15, -0.1) is 0 Å². The third kappa shape index (κ3) is 2.79. The fourth-order valence-electron chi connectivity index (χ4n) is 2.76. The summed E-state index contributed by atoms with van der Waals surface area (Å²) >= 11 is 0. The second kappa shape index (κ2) is 5.83. The average Bonchev–Trinajstić information content (AvgIpc) is 2.91. The number of benzene rings is 2. The summed E-state index contributed by atoms with van der Waals surface area (Å²) in [4.78, 5) is 0.265. The van der Waals surface area contributed by atoms with Gasteiger partial charge < -0.3 is 9.84 Å². The van der Waals surface area contributed by atoms with E-state index in [1.807, 2.05) is 37.3 Å². The van der Waals surface area contributed by atoms with Gasteiger partial charge in [0.2, 0.25) is 0 Å². The van der Waals surface area contributed by atoms with Gasteiger partial charge in [-0.2, -0.15) is 0 Å². The van der Waals surface area contributed by atoms with E-state index >= 15 is 0 Å². The highest BCUT2D eigenvalue weighted by Gasteiger charge is 2.44. The van der Waals surface area contributed by atoms with Gasteiger partial charge in [0, 0.05) is 6.42 Å². The van der Waals surface area contributed by atoms with Crippen LogP contribution in [-0.4, -0.2) is 25.1 Å². The zero-order chi connectivity index (χ0) is 15.7. The van der Waals surface area contributed by atoms with Crippen molar-refractivity contribution in [3.63, 3.8) is 0 Å². The van der Waals surface area contributed by atoms with E-state index in [4.69, 9.17) is 4.74 Å². The van der Waals surface area contributed by atoms with Crippen LogP contribution in [-0.2, 0) is 14.6 Å². The summed E-state index contributed by atoms with van der Waals surface area (Å²) in [7, 11) is -3.57. The Hall–Kier alpha value is -1.69. The van der Waals surface area contributed by atoms with Crippen molar-refractivity contribution in [2.24, 2.45) is 0 Å². The quantitative estimate of drug-likeness (QED) is 0.945. The summed E-state index contributed by atoms with van der Waals surface area (Å²) in [6.07, 6.45) is -1.63. The molecule has 2 aromatic rings. The number of hydrogen-bond acceptors (Lipinski definition) is 4. The molecule has 116 valence electrons. The first kappa shape index (κ1) is 15.2. The van der Waals surface area contributed by atoms with Crippen LogP contribution in [0.2, 0.25) is 0 Å². The molecule has 3 unspecified atom stereocenters. The molecule has 1 N–H and O–H groups in total. The van der Waals surface area contributed by atoms with Crippen LogP contribution in [0.15, 0.2) is 59.5 Å². The minimum Gasteiger partial charge on any atom is -0.368 e. The van der Waals surface area contributed by atoms with E-state index in [2.05, 4.69) is 0 Å². The molecule has 0 spiro atoms. The van der Waals surface area contributed by atoms with E-state index in [0.29, 0.717) is 0 Å². The Kier molecular flexibility index (Phi) is 4.04. The van der Waals surface area contributed by atoms with Crippen LogP contribution in [0.1, 0.15) is 23.7 Å². The number of aliphatic hydroxyl groups excluding tert-OH is 1. The highest BCUT2D eigenvalue weighted by Crippen LogP contribution is 2.39. The first-order valence-corrected chi connectivity index (χ1v) is 8.72. The van der Waals surface area contributed by atoms with Crippen molar-refractivity contribution in [2.45, 2.75) is 35.9 Å². The van der Waals surface area contributed by atoms with Crippen molar-refractivity contribution >= 4 is 9.84 Å². The molecule has 2 aromatic carbocycles. The highest BCUT2D eigenvalue weighted by atomic mass is 32.2. The maximum atomic E-state index is 12.9. The maximum Gasteiger partial charge on any atom is 0.184 e. The molecule has 0 saturated carbocycles.